The summed E-state index contributed by atoms with van der Waals surface area (Å²) in [5.74, 6) is 0.805. The normalized spacial score (nSPS) is 19.0. The van der Waals surface area contributed by atoms with Gasteiger partial charge >= 0.3 is 7.12 Å². The minimum absolute atomic E-state index is 0.125. The fraction of sp³-hybridized carbons (Fsp3) is 0.364. The molecule has 1 aromatic heterocycles. The molecule has 1 aliphatic heterocycles. The van der Waals surface area contributed by atoms with E-state index in [0.717, 1.165) is 22.2 Å². The van der Waals surface area contributed by atoms with Gasteiger partial charge in [-0.05, 0) is 57.8 Å². The van der Waals surface area contributed by atoms with Crippen LogP contribution in [0.5, 0.6) is 0 Å². The lowest BCUT2D eigenvalue weighted by Gasteiger charge is -2.32. The van der Waals surface area contributed by atoms with E-state index in [1.165, 1.54) is 5.56 Å². The maximum Gasteiger partial charge on any atom is 0.494 e. The van der Waals surface area contributed by atoms with Gasteiger partial charge in [-0.3, -0.25) is 0 Å². The van der Waals surface area contributed by atoms with Crippen LogP contribution in [0, 0.1) is 0 Å². The SMILES string of the molecule is C[C@@H](Nc1ncnc2ccc(B3OC(C)(C)C(C)(C)O3)cc12)c1ccccc1. The molecule has 1 fully saturated rings. The van der Waals surface area contributed by atoms with Crippen LogP contribution in [0.15, 0.2) is 54.9 Å². The minimum Gasteiger partial charge on any atom is -0.399 e. The monoisotopic (exact) mass is 375 g/mol. The Morgan fingerprint density at radius 2 is 1.61 bits per heavy atom. The molecule has 2 aromatic carbocycles. The number of fused-ring (bicyclic) bond motifs is 1. The quantitative estimate of drug-likeness (QED) is 0.696. The first-order valence-corrected chi connectivity index (χ1v) is 9.69. The highest BCUT2D eigenvalue weighted by molar-refractivity contribution is 6.62. The highest BCUT2D eigenvalue weighted by Crippen LogP contribution is 2.36. The van der Waals surface area contributed by atoms with Crippen LogP contribution in [0.2, 0.25) is 0 Å². The van der Waals surface area contributed by atoms with Crippen molar-refractivity contribution in [3.8, 4) is 0 Å². The van der Waals surface area contributed by atoms with E-state index in [9.17, 15) is 0 Å². The zero-order chi connectivity index (χ0) is 19.9. The van der Waals surface area contributed by atoms with Crippen molar-refractivity contribution in [2.75, 3.05) is 5.32 Å². The molecule has 1 saturated heterocycles. The molecule has 1 N–H and O–H groups in total. The maximum atomic E-state index is 6.21. The van der Waals surface area contributed by atoms with Crippen LogP contribution < -0.4 is 10.8 Å². The number of aromatic nitrogens is 2. The van der Waals surface area contributed by atoms with Gasteiger partial charge in [0.1, 0.15) is 12.1 Å². The Bertz CT molecular complexity index is 975. The van der Waals surface area contributed by atoms with Gasteiger partial charge in [0.05, 0.1) is 16.7 Å². The lowest BCUT2D eigenvalue weighted by atomic mass is 9.78. The smallest absolute Gasteiger partial charge is 0.399 e. The van der Waals surface area contributed by atoms with Gasteiger partial charge < -0.3 is 14.6 Å². The van der Waals surface area contributed by atoms with Crippen molar-refractivity contribution < 1.29 is 9.31 Å². The molecule has 5 nitrogen and oxygen atoms in total. The second-order valence-electron chi connectivity index (χ2n) is 8.36. The van der Waals surface area contributed by atoms with Crippen LogP contribution in [0.25, 0.3) is 10.9 Å². The Hall–Kier alpha value is -2.44. The molecule has 1 aliphatic rings. The fourth-order valence-electron chi connectivity index (χ4n) is 3.35. The van der Waals surface area contributed by atoms with Crippen LogP contribution in [0.4, 0.5) is 5.82 Å². The molecule has 0 saturated carbocycles. The van der Waals surface area contributed by atoms with Crippen molar-refractivity contribution in [3.63, 3.8) is 0 Å². The van der Waals surface area contributed by atoms with Gasteiger partial charge in [0.15, 0.2) is 0 Å². The Morgan fingerprint density at radius 1 is 0.929 bits per heavy atom. The number of nitrogens with one attached hydrogen (secondary N) is 1. The Labute approximate surface area is 166 Å². The molecular formula is C22H26BN3O2. The summed E-state index contributed by atoms with van der Waals surface area (Å²) >= 11 is 0. The van der Waals surface area contributed by atoms with E-state index < -0.39 is 7.12 Å². The molecule has 3 aromatic rings. The molecule has 6 heteroatoms. The molecule has 28 heavy (non-hydrogen) atoms. The van der Waals surface area contributed by atoms with Crippen molar-refractivity contribution >= 4 is 29.3 Å². The van der Waals surface area contributed by atoms with Crippen molar-refractivity contribution in [1.82, 2.24) is 9.97 Å². The van der Waals surface area contributed by atoms with E-state index in [2.05, 4.69) is 68.1 Å². The summed E-state index contributed by atoms with van der Waals surface area (Å²) in [6.07, 6.45) is 1.59. The average molecular weight is 375 g/mol. The van der Waals surface area contributed by atoms with Crippen LogP contribution in [0.1, 0.15) is 46.2 Å². The second kappa shape index (κ2) is 6.87. The second-order valence-corrected chi connectivity index (χ2v) is 8.36. The van der Waals surface area contributed by atoms with Gasteiger partial charge in [-0.2, -0.15) is 0 Å². The highest BCUT2D eigenvalue weighted by atomic mass is 16.7. The van der Waals surface area contributed by atoms with Crippen molar-refractivity contribution in [1.29, 1.82) is 0 Å². The number of nitrogens with zero attached hydrogens (tertiary/aromatic N) is 2. The first-order valence-electron chi connectivity index (χ1n) is 9.69. The zero-order valence-electron chi connectivity index (χ0n) is 17.1. The van der Waals surface area contributed by atoms with E-state index >= 15 is 0 Å². The summed E-state index contributed by atoms with van der Waals surface area (Å²) in [7, 11) is -0.408. The van der Waals surface area contributed by atoms with E-state index in [0.29, 0.717) is 0 Å². The van der Waals surface area contributed by atoms with Gasteiger partial charge in [-0.15, -0.1) is 0 Å². The van der Waals surface area contributed by atoms with Crippen LogP contribution in [-0.4, -0.2) is 28.3 Å². The number of hydrogen-bond acceptors (Lipinski definition) is 5. The first-order chi connectivity index (χ1) is 13.3. The van der Waals surface area contributed by atoms with Crippen molar-refractivity contribution in [2.24, 2.45) is 0 Å². The lowest BCUT2D eigenvalue weighted by Crippen LogP contribution is -2.41. The maximum absolute atomic E-state index is 6.21. The van der Waals surface area contributed by atoms with Crippen LogP contribution in [0.3, 0.4) is 0 Å². The van der Waals surface area contributed by atoms with Gasteiger partial charge in [0, 0.05) is 11.4 Å². The Morgan fingerprint density at radius 3 is 2.29 bits per heavy atom. The molecule has 0 spiro atoms. The number of anilines is 1. The Balaban J connectivity index is 1.67. The molecule has 0 radical (unpaired) electrons. The molecule has 0 amide bonds. The lowest BCUT2D eigenvalue weighted by molar-refractivity contribution is 0.00578. The number of rotatable bonds is 4. The third kappa shape index (κ3) is 3.38. The fourth-order valence-corrected chi connectivity index (χ4v) is 3.35. The first kappa shape index (κ1) is 18.9. The van der Waals surface area contributed by atoms with E-state index in [1.807, 2.05) is 30.3 Å². The molecule has 2 heterocycles. The van der Waals surface area contributed by atoms with Gasteiger partial charge in [0.2, 0.25) is 0 Å². The van der Waals surface area contributed by atoms with Gasteiger partial charge in [0.25, 0.3) is 0 Å². The third-order valence-electron chi connectivity index (χ3n) is 5.84. The summed E-state index contributed by atoms with van der Waals surface area (Å²) in [6, 6.07) is 16.5. The van der Waals surface area contributed by atoms with Crippen LogP contribution >= 0.6 is 0 Å². The van der Waals surface area contributed by atoms with Crippen molar-refractivity contribution in [3.05, 3.63) is 60.4 Å². The summed E-state index contributed by atoms with van der Waals surface area (Å²) in [5.41, 5.74) is 2.32. The number of benzene rings is 2. The largest absolute Gasteiger partial charge is 0.494 e. The van der Waals surface area contributed by atoms with Gasteiger partial charge in [-0.1, -0.05) is 36.4 Å². The molecule has 0 unspecified atom stereocenters. The molecule has 4 rings (SSSR count). The van der Waals surface area contributed by atoms with E-state index in [4.69, 9.17) is 9.31 Å². The standard InChI is InChI=1S/C22H26BN3O2/c1-15(16-9-7-6-8-10-16)26-20-18-13-17(11-12-19(18)24-14-25-20)23-27-21(2,3)22(4,5)28-23/h6-15H,1-5H3,(H,24,25,26)/t15-/m1/s1. The summed E-state index contributed by atoms with van der Waals surface area (Å²) in [6.45, 7) is 10.4. The molecule has 0 aliphatic carbocycles. The van der Waals surface area contributed by atoms with Crippen LogP contribution in [-0.2, 0) is 9.31 Å². The van der Waals surface area contributed by atoms with Crippen molar-refractivity contribution in [2.45, 2.75) is 51.9 Å². The predicted molar refractivity (Wildman–Crippen MR) is 114 cm³/mol. The Kier molecular flexibility index (Phi) is 4.64. The van der Waals surface area contributed by atoms with E-state index in [1.54, 1.807) is 6.33 Å². The molecular weight excluding hydrogens is 349 g/mol. The highest BCUT2D eigenvalue weighted by Gasteiger charge is 2.51. The summed E-state index contributed by atoms with van der Waals surface area (Å²) in [4.78, 5) is 8.91. The minimum atomic E-state index is -0.408. The van der Waals surface area contributed by atoms with E-state index in [-0.39, 0.29) is 17.2 Å². The molecule has 1 atom stereocenters. The summed E-state index contributed by atoms with van der Waals surface area (Å²) < 4.78 is 12.4. The molecule has 144 valence electrons. The zero-order valence-corrected chi connectivity index (χ0v) is 17.1. The molecule has 0 bridgehead atoms. The number of hydrogen-bond donors (Lipinski definition) is 1. The van der Waals surface area contributed by atoms with Gasteiger partial charge in [-0.25, -0.2) is 9.97 Å². The topological polar surface area (TPSA) is 56.3 Å². The predicted octanol–water partition coefficient (Wildman–Crippen LogP) is 4.10. The average Bonchev–Trinajstić information content (AvgIpc) is 2.90. The summed E-state index contributed by atoms with van der Waals surface area (Å²) in [5, 5.41) is 4.47. The third-order valence-corrected chi connectivity index (χ3v) is 5.84.